The molecule has 0 amide bonds. The van der Waals surface area contributed by atoms with Gasteiger partial charge in [0, 0.05) is 0 Å². The maximum Gasteiger partial charge on any atom is 0.123 e. The third-order valence-electron chi connectivity index (χ3n) is 1.49. The van der Waals surface area contributed by atoms with Gasteiger partial charge in [0.05, 0.1) is 26.8 Å². The van der Waals surface area contributed by atoms with E-state index in [0.717, 1.165) is 22.4 Å². The van der Waals surface area contributed by atoms with Gasteiger partial charge in [-0.25, -0.2) is 0 Å². The van der Waals surface area contributed by atoms with E-state index in [9.17, 15) is 0 Å². The lowest BCUT2D eigenvalue weighted by molar-refractivity contribution is -0.884. The minimum Gasteiger partial charge on any atom is -1.00 e. The van der Waals surface area contributed by atoms with E-state index < -0.39 is 0 Å². The first kappa shape index (κ1) is 12.3. The highest BCUT2D eigenvalue weighted by Crippen LogP contribution is 2.02. The molecule has 1 rings (SSSR count). The molecule has 1 aromatic rings. The van der Waals surface area contributed by atoms with Crippen LogP contribution in [0.15, 0.2) is 12.1 Å². The molecule has 0 unspecified atom stereocenters. The summed E-state index contributed by atoms with van der Waals surface area (Å²) >= 11 is 0. The van der Waals surface area contributed by atoms with Crippen LogP contribution in [0.4, 0.5) is 0 Å². The van der Waals surface area contributed by atoms with Gasteiger partial charge in [-0.05, 0) is 19.1 Å². The van der Waals surface area contributed by atoms with Crippen molar-refractivity contribution in [1.82, 2.24) is 10.2 Å². The van der Waals surface area contributed by atoms with Crippen LogP contribution in [-0.2, 0) is 6.54 Å². The molecule has 13 heavy (non-hydrogen) atoms. The molecule has 0 fully saturated rings. The monoisotopic (exact) mass is 201 g/mol. The van der Waals surface area contributed by atoms with Crippen LogP contribution >= 0.6 is 0 Å². The van der Waals surface area contributed by atoms with Crippen LogP contribution in [0.1, 0.15) is 11.4 Å². The zero-order valence-electron chi connectivity index (χ0n) is 8.58. The van der Waals surface area contributed by atoms with Crippen molar-refractivity contribution in [1.29, 1.82) is 0 Å². The number of nitrogens with zero attached hydrogens (tertiary/aromatic N) is 3. The first-order chi connectivity index (χ1) is 5.47. The largest absolute Gasteiger partial charge is 1.00 e. The minimum atomic E-state index is 0. The van der Waals surface area contributed by atoms with Crippen molar-refractivity contribution in [2.45, 2.75) is 13.5 Å². The van der Waals surface area contributed by atoms with Crippen molar-refractivity contribution >= 4 is 0 Å². The SMILES string of the molecule is Cc1ccc(C[N+](C)(C)C)nn1.[Cl-]. The molecule has 0 aromatic carbocycles. The number of quaternary nitrogens is 1. The van der Waals surface area contributed by atoms with Gasteiger partial charge in [-0.2, -0.15) is 5.10 Å². The molecule has 0 bridgehead atoms. The molecule has 1 heterocycles. The van der Waals surface area contributed by atoms with E-state index >= 15 is 0 Å². The molecule has 0 saturated heterocycles. The lowest BCUT2D eigenvalue weighted by Crippen LogP contribution is -3.00. The molecule has 4 heteroatoms. The Morgan fingerprint density at radius 3 is 2.15 bits per heavy atom. The molecule has 0 aliphatic carbocycles. The Labute approximate surface area is 85.8 Å². The third kappa shape index (κ3) is 4.80. The summed E-state index contributed by atoms with van der Waals surface area (Å²) < 4.78 is 0.887. The lowest BCUT2D eigenvalue weighted by atomic mass is 10.3. The van der Waals surface area contributed by atoms with Crippen molar-refractivity contribution in [3.63, 3.8) is 0 Å². The summed E-state index contributed by atoms with van der Waals surface area (Å²) in [6.45, 7) is 2.87. The molecule has 0 atom stereocenters. The topological polar surface area (TPSA) is 25.8 Å². The van der Waals surface area contributed by atoms with E-state index in [1.54, 1.807) is 0 Å². The zero-order chi connectivity index (χ0) is 9.19. The van der Waals surface area contributed by atoms with Crippen LogP contribution < -0.4 is 12.4 Å². The van der Waals surface area contributed by atoms with E-state index in [1.807, 2.05) is 19.1 Å². The molecule has 0 aliphatic rings. The predicted molar refractivity (Wildman–Crippen MR) is 48.5 cm³/mol. The van der Waals surface area contributed by atoms with Crippen LogP contribution in [0.5, 0.6) is 0 Å². The van der Waals surface area contributed by atoms with Gasteiger partial charge in [0.25, 0.3) is 0 Å². The van der Waals surface area contributed by atoms with Gasteiger partial charge < -0.3 is 16.9 Å². The zero-order valence-corrected chi connectivity index (χ0v) is 9.34. The molecular formula is C9H16ClN3. The van der Waals surface area contributed by atoms with Crippen molar-refractivity contribution in [2.24, 2.45) is 0 Å². The Kier molecular flexibility index (Phi) is 4.30. The van der Waals surface area contributed by atoms with Gasteiger partial charge >= 0.3 is 0 Å². The molecule has 0 spiro atoms. The quantitative estimate of drug-likeness (QED) is 0.518. The van der Waals surface area contributed by atoms with Crippen LogP contribution in [0.3, 0.4) is 0 Å². The Hall–Kier alpha value is -0.670. The number of hydrogen-bond donors (Lipinski definition) is 0. The van der Waals surface area contributed by atoms with Crippen LogP contribution in [0, 0.1) is 6.92 Å². The van der Waals surface area contributed by atoms with E-state index in [1.165, 1.54) is 0 Å². The summed E-state index contributed by atoms with van der Waals surface area (Å²) in [5, 5.41) is 8.10. The van der Waals surface area contributed by atoms with Crippen LogP contribution in [0.2, 0.25) is 0 Å². The van der Waals surface area contributed by atoms with E-state index in [0.29, 0.717) is 0 Å². The fourth-order valence-corrected chi connectivity index (χ4v) is 0.997. The second-order valence-electron chi connectivity index (χ2n) is 4.11. The number of rotatable bonds is 2. The van der Waals surface area contributed by atoms with Crippen LogP contribution in [-0.4, -0.2) is 35.8 Å². The fraction of sp³-hybridized carbons (Fsp3) is 0.556. The third-order valence-corrected chi connectivity index (χ3v) is 1.49. The Morgan fingerprint density at radius 1 is 1.15 bits per heavy atom. The molecule has 0 aliphatic heterocycles. The van der Waals surface area contributed by atoms with Gasteiger partial charge in [0.2, 0.25) is 0 Å². The maximum absolute atomic E-state index is 4.10. The number of aryl methyl sites for hydroxylation is 1. The van der Waals surface area contributed by atoms with Gasteiger partial charge in [0.15, 0.2) is 0 Å². The van der Waals surface area contributed by atoms with E-state index in [2.05, 4.69) is 31.3 Å². The van der Waals surface area contributed by atoms with Gasteiger partial charge in [-0.3, -0.25) is 0 Å². The molecule has 0 N–H and O–H groups in total. The summed E-state index contributed by atoms with van der Waals surface area (Å²) in [4.78, 5) is 0. The Morgan fingerprint density at radius 2 is 1.77 bits per heavy atom. The molecule has 3 nitrogen and oxygen atoms in total. The first-order valence-electron chi connectivity index (χ1n) is 4.07. The molecule has 0 saturated carbocycles. The van der Waals surface area contributed by atoms with Crippen molar-refractivity contribution in [2.75, 3.05) is 21.1 Å². The molecule has 1 aromatic heterocycles. The summed E-state index contributed by atoms with van der Waals surface area (Å²) in [7, 11) is 6.42. The fourth-order valence-electron chi connectivity index (χ4n) is 0.997. The second kappa shape index (κ2) is 4.53. The second-order valence-corrected chi connectivity index (χ2v) is 4.11. The van der Waals surface area contributed by atoms with Crippen molar-refractivity contribution in [3.8, 4) is 0 Å². The average Bonchev–Trinajstić information content (AvgIpc) is 1.91. The van der Waals surface area contributed by atoms with Crippen molar-refractivity contribution < 1.29 is 16.9 Å². The summed E-state index contributed by atoms with van der Waals surface area (Å²) in [5.41, 5.74) is 2.02. The normalized spacial score (nSPS) is 10.8. The van der Waals surface area contributed by atoms with Crippen molar-refractivity contribution in [3.05, 3.63) is 23.5 Å². The van der Waals surface area contributed by atoms with Gasteiger partial charge in [-0.15, -0.1) is 5.10 Å². The molecule has 0 radical (unpaired) electrons. The van der Waals surface area contributed by atoms with Gasteiger partial charge in [0.1, 0.15) is 12.2 Å². The summed E-state index contributed by atoms with van der Waals surface area (Å²) in [5.74, 6) is 0. The minimum absolute atomic E-state index is 0. The highest BCUT2D eigenvalue weighted by molar-refractivity contribution is 5.03. The smallest absolute Gasteiger partial charge is 0.123 e. The average molecular weight is 202 g/mol. The molecule has 74 valence electrons. The summed E-state index contributed by atoms with van der Waals surface area (Å²) in [6, 6.07) is 4.03. The number of hydrogen-bond acceptors (Lipinski definition) is 2. The Balaban J connectivity index is 0.00000144. The lowest BCUT2D eigenvalue weighted by Gasteiger charge is -2.22. The van der Waals surface area contributed by atoms with Crippen LogP contribution in [0.25, 0.3) is 0 Å². The molecular weight excluding hydrogens is 186 g/mol. The Bertz CT molecular complexity index is 251. The predicted octanol–water partition coefficient (Wildman–Crippen LogP) is -2.00. The standard InChI is InChI=1S/C9H16N3.ClH/c1-8-5-6-9(11-10-8)7-12(2,3)4;/h5-6H,7H2,1-4H3;1H/q+1;/p-1. The number of aromatic nitrogens is 2. The summed E-state index contributed by atoms with van der Waals surface area (Å²) in [6.07, 6.45) is 0. The first-order valence-corrected chi connectivity index (χ1v) is 4.07. The van der Waals surface area contributed by atoms with E-state index in [-0.39, 0.29) is 12.4 Å². The highest BCUT2D eigenvalue weighted by Gasteiger charge is 2.09. The van der Waals surface area contributed by atoms with E-state index in [4.69, 9.17) is 0 Å². The highest BCUT2D eigenvalue weighted by atomic mass is 35.5. The number of halogens is 1. The maximum atomic E-state index is 4.10. The van der Waals surface area contributed by atoms with Gasteiger partial charge in [-0.1, -0.05) is 0 Å².